The lowest BCUT2D eigenvalue weighted by Crippen LogP contribution is -2.60. The van der Waals surface area contributed by atoms with E-state index in [2.05, 4.69) is 10.5 Å². The molecule has 0 aliphatic carbocycles. The molecule has 1 saturated heterocycles. The van der Waals surface area contributed by atoms with Gasteiger partial charge >= 0.3 is 0 Å². The van der Waals surface area contributed by atoms with Crippen molar-refractivity contribution in [1.82, 2.24) is 18.6 Å². The van der Waals surface area contributed by atoms with Crippen LogP contribution in [0.4, 0.5) is 0 Å². The zero-order chi connectivity index (χ0) is 31.6. The summed E-state index contributed by atoms with van der Waals surface area (Å²) in [6.07, 6.45) is 1.45. The summed E-state index contributed by atoms with van der Waals surface area (Å²) in [5.74, 6) is -0.771. The van der Waals surface area contributed by atoms with Crippen LogP contribution in [0.2, 0.25) is 10.0 Å². The summed E-state index contributed by atoms with van der Waals surface area (Å²) < 4.78 is 58.1. The van der Waals surface area contributed by atoms with Crippen LogP contribution in [0.1, 0.15) is 17.0 Å². The molecule has 1 amide bonds. The number of nitrogens with zero attached hydrogens (tertiary/aromatic N) is 4. The Bertz CT molecular complexity index is 1930. The van der Waals surface area contributed by atoms with Gasteiger partial charge in [0.15, 0.2) is 0 Å². The first kappa shape index (κ1) is 31.9. The van der Waals surface area contributed by atoms with E-state index in [1.54, 1.807) is 48.5 Å². The Morgan fingerprint density at radius 3 is 2.07 bits per heavy atom. The van der Waals surface area contributed by atoms with E-state index in [9.17, 15) is 21.6 Å². The van der Waals surface area contributed by atoms with Gasteiger partial charge in [-0.2, -0.15) is 13.7 Å². The molecule has 1 fully saturated rings. The van der Waals surface area contributed by atoms with Crippen molar-refractivity contribution in [3.63, 3.8) is 0 Å². The molecule has 1 atom stereocenters. The number of halogens is 2. The first-order valence-electron chi connectivity index (χ1n) is 13.5. The minimum absolute atomic E-state index is 0.00425. The average molecular weight is 675 g/mol. The lowest BCUT2D eigenvalue weighted by Gasteiger charge is -2.38. The lowest BCUT2D eigenvalue weighted by atomic mass is 10.2. The quantitative estimate of drug-likeness (QED) is 0.216. The van der Waals surface area contributed by atoms with E-state index in [4.69, 9.17) is 23.2 Å². The maximum Gasteiger partial charge on any atom is 0.259 e. The number of hydrogen-bond acceptors (Lipinski definition) is 6. The van der Waals surface area contributed by atoms with Crippen LogP contribution >= 0.6 is 23.2 Å². The molecule has 4 aromatic rings. The van der Waals surface area contributed by atoms with Gasteiger partial charge in [-0.15, -0.1) is 0 Å². The molecule has 2 heterocycles. The third kappa shape index (κ3) is 6.32. The number of carbonyl (C=O) groups is 1. The first-order valence-corrected chi connectivity index (χ1v) is 17.1. The Hall–Kier alpha value is -3.52. The predicted molar refractivity (Wildman–Crippen MR) is 170 cm³/mol. The van der Waals surface area contributed by atoms with Gasteiger partial charge in [0.2, 0.25) is 20.0 Å². The third-order valence-electron chi connectivity index (χ3n) is 7.34. The monoisotopic (exact) mass is 673 g/mol. The summed E-state index contributed by atoms with van der Waals surface area (Å²) in [6.45, 7) is 3.03. The van der Waals surface area contributed by atoms with Gasteiger partial charge in [-0.05, 0) is 62.4 Å². The van der Waals surface area contributed by atoms with Gasteiger partial charge in [-0.25, -0.2) is 22.3 Å². The van der Waals surface area contributed by atoms with Gasteiger partial charge in [0.05, 0.1) is 26.1 Å². The molecule has 14 heteroatoms. The van der Waals surface area contributed by atoms with Crippen LogP contribution in [0.5, 0.6) is 0 Å². The van der Waals surface area contributed by atoms with Crippen LogP contribution in [0.15, 0.2) is 99.8 Å². The van der Waals surface area contributed by atoms with Crippen LogP contribution in [0.3, 0.4) is 0 Å². The number of sulfonamides is 2. The SMILES string of the molecule is Cc1cc(/C=N/NC(=O)C2CN(S(=O)(=O)c3ccccc3)CCN2S(=O)(=O)c2ccccc2)c(C)n1-c1ccc(Cl)c(Cl)c1. The molecule has 3 aromatic carbocycles. The number of amides is 1. The van der Waals surface area contributed by atoms with Crippen LogP contribution in [0.25, 0.3) is 5.69 Å². The Labute approximate surface area is 266 Å². The van der Waals surface area contributed by atoms with Gasteiger partial charge in [0, 0.05) is 42.3 Å². The molecule has 0 spiro atoms. The number of benzene rings is 3. The van der Waals surface area contributed by atoms with E-state index in [0.717, 1.165) is 25.7 Å². The predicted octanol–water partition coefficient (Wildman–Crippen LogP) is 4.62. The van der Waals surface area contributed by atoms with Gasteiger partial charge in [0.25, 0.3) is 5.91 Å². The van der Waals surface area contributed by atoms with Crippen LogP contribution < -0.4 is 5.43 Å². The smallest absolute Gasteiger partial charge is 0.259 e. The molecule has 10 nitrogen and oxygen atoms in total. The molecule has 1 aliphatic rings. The van der Waals surface area contributed by atoms with Crippen molar-refractivity contribution in [2.24, 2.45) is 5.10 Å². The van der Waals surface area contributed by atoms with E-state index in [-0.39, 0.29) is 22.9 Å². The Morgan fingerprint density at radius 1 is 0.841 bits per heavy atom. The topological polar surface area (TPSA) is 121 Å². The van der Waals surface area contributed by atoms with Crippen molar-refractivity contribution in [2.75, 3.05) is 19.6 Å². The summed E-state index contributed by atoms with van der Waals surface area (Å²) in [5.41, 5.74) is 5.61. The number of aryl methyl sites for hydroxylation is 1. The molecule has 5 rings (SSSR count). The van der Waals surface area contributed by atoms with Gasteiger partial charge < -0.3 is 4.57 Å². The fourth-order valence-electron chi connectivity index (χ4n) is 5.11. The highest BCUT2D eigenvalue weighted by Gasteiger charge is 2.43. The number of nitrogens with one attached hydrogen (secondary N) is 1. The second-order valence-electron chi connectivity index (χ2n) is 10.1. The van der Waals surface area contributed by atoms with Crippen LogP contribution in [-0.2, 0) is 24.8 Å². The number of carbonyl (C=O) groups excluding carboxylic acids is 1. The molecular formula is C30H29Cl2N5O5S2. The van der Waals surface area contributed by atoms with E-state index < -0.39 is 38.5 Å². The van der Waals surface area contributed by atoms with Crippen molar-refractivity contribution in [3.05, 3.63) is 112 Å². The standard InChI is InChI=1S/C30H29Cl2N5O5S2/c1-21-17-23(22(2)37(21)24-13-14-27(31)28(32)18-24)19-33-34-30(38)29-20-35(43(39,40)25-9-5-3-6-10-25)15-16-36(29)44(41,42)26-11-7-4-8-12-26/h3-14,17-19,29H,15-16,20H2,1-2H3,(H,34,38)/b33-19+. The summed E-state index contributed by atoms with van der Waals surface area (Å²) >= 11 is 12.3. The molecule has 0 saturated carbocycles. The molecule has 1 aliphatic heterocycles. The highest BCUT2D eigenvalue weighted by molar-refractivity contribution is 7.89. The van der Waals surface area contributed by atoms with Gasteiger partial charge in [-0.1, -0.05) is 59.6 Å². The first-order chi connectivity index (χ1) is 20.9. The van der Waals surface area contributed by atoms with E-state index in [1.165, 1.54) is 30.5 Å². The fourth-order valence-corrected chi connectivity index (χ4v) is 8.45. The summed E-state index contributed by atoms with van der Waals surface area (Å²) in [6, 6.07) is 21.3. The fraction of sp³-hybridized carbons (Fsp3) is 0.200. The van der Waals surface area contributed by atoms with E-state index in [1.807, 2.05) is 30.5 Å². The lowest BCUT2D eigenvalue weighted by molar-refractivity contribution is -0.125. The Morgan fingerprint density at radius 2 is 1.45 bits per heavy atom. The molecule has 1 unspecified atom stereocenters. The molecule has 1 aromatic heterocycles. The van der Waals surface area contributed by atoms with Gasteiger partial charge in [0.1, 0.15) is 6.04 Å². The molecule has 0 bridgehead atoms. The summed E-state index contributed by atoms with van der Waals surface area (Å²) in [7, 11) is -8.13. The normalized spacial score (nSPS) is 16.8. The largest absolute Gasteiger partial charge is 0.318 e. The van der Waals surface area contributed by atoms with Crippen LogP contribution in [0, 0.1) is 13.8 Å². The van der Waals surface area contributed by atoms with Crippen molar-refractivity contribution < 1.29 is 21.6 Å². The highest BCUT2D eigenvalue weighted by atomic mass is 35.5. The molecule has 230 valence electrons. The van der Waals surface area contributed by atoms with Crippen molar-refractivity contribution in [3.8, 4) is 5.69 Å². The maximum absolute atomic E-state index is 13.6. The minimum atomic E-state index is -4.14. The highest BCUT2D eigenvalue weighted by Crippen LogP contribution is 2.28. The third-order valence-corrected chi connectivity index (χ3v) is 11.9. The Balaban J connectivity index is 1.42. The molecular weight excluding hydrogens is 645 g/mol. The zero-order valence-corrected chi connectivity index (χ0v) is 26.9. The summed E-state index contributed by atoms with van der Waals surface area (Å²) in [5, 5.41) is 4.96. The maximum atomic E-state index is 13.6. The van der Waals surface area contributed by atoms with Crippen molar-refractivity contribution in [2.45, 2.75) is 29.7 Å². The van der Waals surface area contributed by atoms with E-state index >= 15 is 0 Å². The molecule has 44 heavy (non-hydrogen) atoms. The summed E-state index contributed by atoms with van der Waals surface area (Å²) in [4.78, 5) is 13.6. The molecule has 0 radical (unpaired) electrons. The number of hydrazone groups is 1. The average Bonchev–Trinajstić information content (AvgIpc) is 3.31. The number of rotatable bonds is 8. The minimum Gasteiger partial charge on any atom is -0.318 e. The van der Waals surface area contributed by atoms with Crippen molar-refractivity contribution in [1.29, 1.82) is 0 Å². The zero-order valence-electron chi connectivity index (χ0n) is 23.8. The second kappa shape index (κ2) is 12.8. The van der Waals surface area contributed by atoms with Crippen LogP contribution in [-0.4, -0.2) is 67.8 Å². The Kier molecular flexibility index (Phi) is 9.30. The van der Waals surface area contributed by atoms with Gasteiger partial charge in [-0.3, -0.25) is 4.79 Å². The second-order valence-corrected chi connectivity index (χ2v) is 14.8. The molecule has 1 N–H and O–H groups in total. The van der Waals surface area contributed by atoms with Crippen molar-refractivity contribution >= 4 is 55.4 Å². The van der Waals surface area contributed by atoms with E-state index in [0.29, 0.717) is 15.6 Å². The number of hydrogen-bond donors (Lipinski definition) is 1. The number of piperazine rings is 1. The number of aromatic nitrogens is 1.